The number of alkyl halides is 1. The lowest BCUT2D eigenvalue weighted by Crippen LogP contribution is -2.26. The van der Waals surface area contributed by atoms with E-state index in [-0.39, 0.29) is 5.79 Å². The molecule has 0 spiro atoms. The molecule has 3 rings (SSSR count). The molecule has 0 N–H and O–H groups in total. The first-order valence-electron chi connectivity index (χ1n) is 5.56. The molecule has 1 heterocycles. The van der Waals surface area contributed by atoms with Crippen LogP contribution in [0.25, 0.3) is 0 Å². The van der Waals surface area contributed by atoms with Crippen LogP contribution in [0, 0.1) is 11.8 Å². The van der Waals surface area contributed by atoms with Crippen molar-refractivity contribution in [3.8, 4) is 0 Å². The first-order chi connectivity index (χ1) is 6.57. The van der Waals surface area contributed by atoms with Crippen LogP contribution < -0.4 is 0 Å². The highest BCUT2D eigenvalue weighted by atomic mass is 127. The molecule has 0 unspecified atom stereocenters. The van der Waals surface area contributed by atoms with E-state index in [2.05, 4.69) is 22.6 Å². The SMILES string of the molecule is CC1(C)O[C@@H]2[C@@H]3CC[C@@H](I)[C@@H]3C[C@@H]2O1. The molecule has 14 heavy (non-hydrogen) atoms. The zero-order valence-corrected chi connectivity index (χ0v) is 10.9. The lowest BCUT2D eigenvalue weighted by Gasteiger charge is -2.22. The Kier molecular flexibility index (Phi) is 2.16. The summed E-state index contributed by atoms with van der Waals surface area (Å²) >= 11 is 2.61. The van der Waals surface area contributed by atoms with Gasteiger partial charge in [-0.15, -0.1) is 0 Å². The van der Waals surface area contributed by atoms with Crippen molar-refractivity contribution >= 4 is 22.6 Å². The van der Waals surface area contributed by atoms with E-state index < -0.39 is 0 Å². The smallest absolute Gasteiger partial charge is 0.163 e. The summed E-state index contributed by atoms with van der Waals surface area (Å²) in [4.78, 5) is 0. The van der Waals surface area contributed by atoms with Crippen molar-refractivity contribution in [3.63, 3.8) is 0 Å². The van der Waals surface area contributed by atoms with E-state index >= 15 is 0 Å². The van der Waals surface area contributed by atoms with E-state index in [0.717, 1.165) is 15.8 Å². The van der Waals surface area contributed by atoms with Gasteiger partial charge >= 0.3 is 0 Å². The summed E-state index contributed by atoms with van der Waals surface area (Å²) in [5, 5.41) is 0. The fourth-order valence-electron chi connectivity index (χ4n) is 3.45. The van der Waals surface area contributed by atoms with E-state index in [1.54, 1.807) is 0 Å². The molecule has 1 saturated heterocycles. The van der Waals surface area contributed by atoms with Crippen LogP contribution >= 0.6 is 22.6 Å². The second-order valence-electron chi connectivity index (χ2n) is 5.30. The Morgan fingerprint density at radius 2 is 1.93 bits per heavy atom. The predicted octanol–water partition coefficient (Wildman–Crippen LogP) is 2.74. The molecular weight excluding hydrogens is 291 g/mol. The summed E-state index contributed by atoms with van der Waals surface area (Å²) in [5.74, 6) is 1.31. The molecular formula is C11H17IO2. The summed E-state index contributed by atoms with van der Waals surface area (Å²) in [5.41, 5.74) is 0. The number of hydrogen-bond donors (Lipinski definition) is 0. The number of rotatable bonds is 0. The van der Waals surface area contributed by atoms with Crippen molar-refractivity contribution in [3.05, 3.63) is 0 Å². The Hall–Kier alpha value is 0.650. The topological polar surface area (TPSA) is 18.5 Å². The summed E-state index contributed by atoms with van der Waals surface area (Å²) in [6, 6.07) is 0. The summed E-state index contributed by atoms with van der Waals surface area (Å²) < 4.78 is 12.8. The van der Waals surface area contributed by atoms with Crippen molar-refractivity contribution in [1.82, 2.24) is 0 Å². The normalized spacial score (nSPS) is 54.6. The number of ether oxygens (including phenoxy) is 2. The van der Waals surface area contributed by atoms with Gasteiger partial charge in [0.05, 0.1) is 12.2 Å². The second kappa shape index (κ2) is 3.08. The molecule has 0 bridgehead atoms. The molecule has 5 atom stereocenters. The highest BCUT2D eigenvalue weighted by Crippen LogP contribution is 2.53. The van der Waals surface area contributed by atoms with Crippen LogP contribution in [0.4, 0.5) is 0 Å². The Morgan fingerprint density at radius 3 is 2.71 bits per heavy atom. The molecule has 80 valence electrons. The van der Waals surface area contributed by atoms with Gasteiger partial charge < -0.3 is 9.47 Å². The lowest BCUT2D eigenvalue weighted by atomic mass is 9.99. The van der Waals surface area contributed by atoms with Gasteiger partial charge in [-0.25, -0.2) is 0 Å². The van der Waals surface area contributed by atoms with Crippen LogP contribution in [0.5, 0.6) is 0 Å². The standard InChI is InChI=1S/C11H17IO2/c1-11(2)13-9-5-7-6(10(9)14-11)3-4-8(7)12/h6-10H,3-5H2,1-2H3/t6-,7-,8-,9+,10-/m1/s1. The van der Waals surface area contributed by atoms with Crippen molar-refractivity contribution in [2.24, 2.45) is 11.8 Å². The highest BCUT2D eigenvalue weighted by Gasteiger charge is 2.56. The first kappa shape index (κ1) is 9.85. The molecule has 0 amide bonds. The molecule has 2 aliphatic carbocycles. The summed E-state index contributed by atoms with van der Waals surface area (Å²) in [6.45, 7) is 4.08. The summed E-state index contributed by atoms with van der Waals surface area (Å²) in [6.07, 6.45) is 4.74. The van der Waals surface area contributed by atoms with Gasteiger partial charge in [0.15, 0.2) is 5.79 Å². The Labute approximate surface area is 98.9 Å². The van der Waals surface area contributed by atoms with Gasteiger partial charge in [0.25, 0.3) is 0 Å². The molecule has 2 nitrogen and oxygen atoms in total. The zero-order chi connectivity index (χ0) is 9.92. The summed E-state index contributed by atoms with van der Waals surface area (Å²) in [7, 11) is 0. The lowest BCUT2D eigenvalue weighted by molar-refractivity contribution is -0.158. The van der Waals surface area contributed by atoms with Crippen LogP contribution in [0.2, 0.25) is 0 Å². The van der Waals surface area contributed by atoms with Crippen LogP contribution in [-0.4, -0.2) is 21.9 Å². The van der Waals surface area contributed by atoms with Gasteiger partial charge in [0.2, 0.25) is 0 Å². The fourth-order valence-corrected chi connectivity index (χ4v) is 4.64. The molecule has 3 heteroatoms. The van der Waals surface area contributed by atoms with E-state index in [0.29, 0.717) is 12.2 Å². The maximum atomic E-state index is 6.01. The third-order valence-electron chi connectivity index (χ3n) is 3.94. The average molecular weight is 308 g/mol. The third kappa shape index (κ3) is 1.35. The molecule has 1 aliphatic heterocycles. The van der Waals surface area contributed by atoms with Gasteiger partial charge in [-0.3, -0.25) is 0 Å². The maximum absolute atomic E-state index is 6.01. The van der Waals surface area contributed by atoms with Gasteiger partial charge in [-0.05, 0) is 44.9 Å². The van der Waals surface area contributed by atoms with Crippen molar-refractivity contribution < 1.29 is 9.47 Å². The average Bonchev–Trinajstić information content (AvgIpc) is 2.63. The largest absolute Gasteiger partial charge is 0.345 e. The van der Waals surface area contributed by atoms with E-state index in [1.165, 1.54) is 19.3 Å². The van der Waals surface area contributed by atoms with Gasteiger partial charge in [-0.1, -0.05) is 22.6 Å². The quantitative estimate of drug-likeness (QED) is 0.506. The van der Waals surface area contributed by atoms with Gasteiger partial charge in [-0.2, -0.15) is 0 Å². The molecule has 0 radical (unpaired) electrons. The van der Waals surface area contributed by atoms with Gasteiger partial charge in [0.1, 0.15) is 0 Å². The van der Waals surface area contributed by atoms with Crippen molar-refractivity contribution in [2.45, 2.75) is 55.0 Å². The minimum atomic E-state index is -0.330. The van der Waals surface area contributed by atoms with Crippen LogP contribution in [0.15, 0.2) is 0 Å². The monoisotopic (exact) mass is 308 g/mol. The molecule has 0 aromatic carbocycles. The predicted molar refractivity (Wildman–Crippen MR) is 62.5 cm³/mol. The molecule has 2 saturated carbocycles. The molecule has 0 aromatic rings. The fraction of sp³-hybridized carbons (Fsp3) is 1.00. The van der Waals surface area contributed by atoms with E-state index in [1.807, 2.05) is 13.8 Å². The maximum Gasteiger partial charge on any atom is 0.163 e. The number of halogens is 1. The Bertz CT molecular complexity index is 254. The Morgan fingerprint density at radius 1 is 1.14 bits per heavy atom. The zero-order valence-electron chi connectivity index (χ0n) is 8.70. The molecule has 0 aromatic heterocycles. The van der Waals surface area contributed by atoms with Crippen LogP contribution in [0.1, 0.15) is 33.1 Å². The van der Waals surface area contributed by atoms with Crippen molar-refractivity contribution in [2.75, 3.05) is 0 Å². The highest BCUT2D eigenvalue weighted by molar-refractivity contribution is 14.1. The number of fused-ring (bicyclic) bond motifs is 3. The second-order valence-corrected chi connectivity index (χ2v) is 6.90. The van der Waals surface area contributed by atoms with E-state index in [9.17, 15) is 0 Å². The Balaban J connectivity index is 1.80. The number of hydrogen-bond acceptors (Lipinski definition) is 2. The third-order valence-corrected chi connectivity index (χ3v) is 5.48. The van der Waals surface area contributed by atoms with Crippen LogP contribution in [0.3, 0.4) is 0 Å². The minimum Gasteiger partial charge on any atom is -0.345 e. The van der Waals surface area contributed by atoms with Crippen LogP contribution in [-0.2, 0) is 9.47 Å². The molecule has 3 fully saturated rings. The first-order valence-corrected chi connectivity index (χ1v) is 6.81. The van der Waals surface area contributed by atoms with Gasteiger partial charge in [0, 0.05) is 3.92 Å². The van der Waals surface area contributed by atoms with Crippen molar-refractivity contribution in [1.29, 1.82) is 0 Å². The van der Waals surface area contributed by atoms with E-state index in [4.69, 9.17) is 9.47 Å². The minimum absolute atomic E-state index is 0.330. The molecule has 3 aliphatic rings.